The highest BCUT2D eigenvalue weighted by atomic mass is 19.4. The Balaban J connectivity index is 2.94. The molecular formula is C8H3F6O. The Bertz CT molecular complexity index is 340. The third-order valence-electron chi connectivity index (χ3n) is 1.31. The van der Waals surface area contributed by atoms with Gasteiger partial charge in [0, 0.05) is 0 Å². The Kier molecular flexibility index (Phi) is 2.83. The number of alkyl halides is 6. The van der Waals surface area contributed by atoms with Gasteiger partial charge in [0.2, 0.25) is 0 Å². The van der Waals surface area contributed by atoms with E-state index in [1.165, 1.54) is 0 Å². The summed E-state index contributed by atoms with van der Waals surface area (Å²) < 4.78 is 74.4. The van der Waals surface area contributed by atoms with Crippen molar-refractivity contribution < 1.29 is 31.1 Å². The number of hydrogen-bond acceptors (Lipinski definition) is 1. The third-order valence-corrected chi connectivity index (χ3v) is 1.31. The largest absolute Gasteiger partial charge is 0.573 e. The second-order valence-electron chi connectivity index (χ2n) is 2.48. The lowest BCUT2D eigenvalue weighted by Gasteiger charge is -2.11. The van der Waals surface area contributed by atoms with E-state index in [4.69, 9.17) is 0 Å². The lowest BCUT2D eigenvalue weighted by Crippen LogP contribution is -2.17. The molecule has 0 saturated carbocycles. The summed E-state index contributed by atoms with van der Waals surface area (Å²) in [5.74, 6) is -0.923. The molecule has 15 heavy (non-hydrogen) atoms. The van der Waals surface area contributed by atoms with Crippen LogP contribution in [0.3, 0.4) is 0 Å². The van der Waals surface area contributed by atoms with Crippen LogP contribution in [0.1, 0.15) is 5.56 Å². The van der Waals surface area contributed by atoms with E-state index in [1.54, 1.807) is 6.07 Å². The summed E-state index contributed by atoms with van der Waals surface area (Å²) in [5.41, 5.74) is -1.32. The zero-order chi connectivity index (χ0) is 11.7. The van der Waals surface area contributed by atoms with E-state index in [-0.39, 0.29) is 6.07 Å². The molecule has 1 nitrogen and oxygen atoms in total. The monoisotopic (exact) mass is 229 g/mol. The fraction of sp³-hybridized carbons (Fsp3) is 0.250. The van der Waals surface area contributed by atoms with E-state index in [0.717, 1.165) is 6.07 Å². The Morgan fingerprint density at radius 1 is 1.07 bits per heavy atom. The standard InChI is InChI=1S/C8H3F6O/c9-7(10,11)5-2-1-3-6(4-5)15-8(12,13)14/h1,3-4H. The van der Waals surface area contributed by atoms with Crippen molar-refractivity contribution in [2.24, 2.45) is 0 Å². The maximum absolute atomic E-state index is 12.0. The van der Waals surface area contributed by atoms with E-state index in [0.29, 0.717) is 6.07 Å². The topological polar surface area (TPSA) is 9.23 Å². The number of rotatable bonds is 1. The van der Waals surface area contributed by atoms with Crippen molar-refractivity contribution in [1.29, 1.82) is 0 Å². The van der Waals surface area contributed by atoms with E-state index >= 15 is 0 Å². The SMILES string of the molecule is FC(F)(F)Oc1cc[c]c(C(F)(F)F)c1. The Morgan fingerprint density at radius 3 is 2.13 bits per heavy atom. The van der Waals surface area contributed by atoms with Crippen LogP contribution in [-0.2, 0) is 6.18 Å². The first-order valence-electron chi connectivity index (χ1n) is 3.53. The minimum absolute atomic E-state index is 0.230. The van der Waals surface area contributed by atoms with Crippen LogP contribution in [0.5, 0.6) is 5.75 Å². The molecule has 1 aromatic rings. The molecular weight excluding hydrogens is 226 g/mol. The molecule has 0 amide bonds. The fourth-order valence-corrected chi connectivity index (χ4v) is 0.806. The quantitative estimate of drug-likeness (QED) is 0.670. The van der Waals surface area contributed by atoms with Crippen LogP contribution < -0.4 is 4.74 Å². The highest BCUT2D eigenvalue weighted by molar-refractivity contribution is 5.29. The summed E-state index contributed by atoms with van der Waals surface area (Å²) in [4.78, 5) is 0. The first-order valence-corrected chi connectivity index (χ1v) is 3.53. The summed E-state index contributed by atoms with van der Waals surface area (Å²) in [6, 6.07) is 3.44. The number of halogens is 6. The molecule has 83 valence electrons. The van der Waals surface area contributed by atoms with Crippen LogP contribution in [0.25, 0.3) is 0 Å². The van der Waals surface area contributed by atoms with Gasteiger partial charge in [-0.1, -0.05) is 6.07 Å². The molecule has 7 heteroatoms. The molecule has 1 aromatic carbocycles. The molecule has 0 atom stereocenters. The molecule has 0 aliphatic carbocycles. The molecule has 0 heterocycles. The maximum atomic E-state index is 12.0. The van der Waals surface area contributed by atoms with Gasteiger partial charge in [-0.3, -0.25) is 0 Å². The predicted octanol–water partition coefficient (Wildman–Crippen LogP) is 3.40. The molecule has 0 unspecified atom stereocenters. The van der Waals surface area contributed by atoms with Gasteiger partial charge in [0.25, 0.3) is 0 Å². The first-order chi connectivity index (χ1) is 6.68. The van der Waals surface area contributed by atoms with Crippen molar-refractivity contribution in [3.63, 3.8) is 0 Å². The van der Waals surface area contributed by atoms with Gasteiger partial charge < -0.3 is 4.74 Å². The fourth-order valence-electron chi connectivity index (χ4n) is 0.806. The van der Waals surface area contributed by atoms with Crippen LogP contribution in [0.4, 0.5) is 26.3 Å². The summed E-state index contributed by atoms with van der Waals surface area (Å²) in [6.07, 6.45) is -9.75. The van der Waals surface area contributed by atoms with Gasteiger partial charge >= 0.3 is 12.5 Å². The van der Waals surface area contributed by atoms with E-state index < -0.39 is 23.9 Å². The van der Waals surface area contributed by atoms with Gasteiger partial charge in [-0.25, -0.2) is 0 Å². The Labute approximate surface area is 80.3 Å². The van der Waals surface area contributed by atoms with Crippen LogP contribution >= 0.6 is 0 Å². The Morgan fingerprint density at radius 2 is 1.67 bits per heavy atom. The highest BCUT2D eigenvalue weighted by Gasteiger charge is 2.34. The zero-order valence-electron chi connectivity index (χ0n) is 6.91. The maximum Gasteiger partial charge on any atom is 0.573 e. The average Bonchev–Trinajstić information content (AvgIpc) is 1.99. The summed E-state index contributed by atoms with van der Waals surface area (Å²) in [6.45, 7) is 0. The number of hydrogen-bond donors (Lipinski definition) is 0. The second kappa shape index (κ2) is 3.63. The van der Waals surface area contributed by atoms with Gasteiger partial charge in [-0.2, -0.15) is 13.2 Å². The summed E-state index contributed by atoms with van der Waals surface area (Å²) in [5, 5.41) is 0. The molecule has 1 rings (SSSR count). The van der Waals surface area contributed by atoms with Crippen LogP contribution in [0.15, 0.2) is 18.2 Å². The summed E-state index contributed by atoms with van der Waals surface area (Å²) >= 11 is 0. The highest BCUT2D eigenvalue weighted by Crippen LogP contribution is 2.32. The smallest absolute Gasteiger partial charge is 0.406 e. The molecule has 0 aromatic heterocycles. The molecule has 0 bridgehead atoms. The lowest BCUT2D eigenvalue weighted by atomic mass is 10.2. The van der Waals surface area contributed by atoms with Crippen molar-refractivity contribution in [2.75, 3.05) is 0 Å². The molecule has 0 aliphatic heterocycles. The van der Waals surface area contributed by atoms with Gasteiger partial charge in [0.15, 0.2) is 0 Å². The van der Waals surface area contributed by atoms with E-state index in [9.17, 15) is 26.3 Å². The molecule has 0 N–H and O–H groups in total. The molecule has 0 spiro atoms. The van der Waals surface area contributed by atoms with Crippen LogP contribution in [0.2, 0.25) is 0 Å². The normalized spacial score (nSPS) is 12.7. The summed E-state index contributed by atoms with van der Waals surface area (Å²) in [7, 11) is 0. The van der Waals surface area contributed by atoms with E-state index in [2.05, 4.69) is 4.74 Å². The van der Waals surface area contributed by atoms with Gasteiger partial charge in [0.05, 0.1) is 5.56 Å². The zero-order valence-corrected chi connectivity index (χ0v) is 6.91. The van der Waals surface area contributed by atoms with Gasteiger partial charge in [-0.15, -0.1) is 13.2 Å². The minimum atomic E-state index is -5.01. The minimum Gasteiger partial charge on any atom is -0.406 e. The lowest BCUT2D eigenvalue weighted by molar-refractivity contribution is -0.274. The van der Waals surface area contributed by atoms with E-state index in [1.807, 2.05) is 0 Å². The third kappa shape index (κ3) is 3.69. The van der Waals surface area contributed by atoms with Crippen LogP contribution in [-0.4, -0.2) is 6.36 Å². The van der Waals surface area contributed by atoms with Crippen molar-refractivity contribution in [2.45, 2.75) is 12.5 Å². The second-order valence-corrected chi connectivity index (χ2v) is 2.48. The van der Waals surface area contributed by atoms with Crippen LogP contribution in [0, 0.1) is 6.07 Å². The Hall–Kier alpha value is -1.40. The van der Waals surface area contributed by atoms with Crippen molar-refractivity contribution in [3.8, 4) is 5.75 Å². The molecule has 0 fully saturated rings. The van der Waals surface area contributed by atoms with Crippen molar-refractivity contribution in [3.05, 3.63) is 29.8 Å². The van der Waals surface area contributed by atoms with Crippen molar-refractivity contribution >= 4 is 0 Å². The predicted molar refractivity (Wildman–Crippen MR) is 37.0 cm³/mol. The number of benzene rings is 1. The van der Waals surface area contributed by atoms with Gasteiger partial charge in [0.1, 0.15) is 5.75 Å². The average molecular weight is 229 g/mol. The molecule has 1 radical (unpaired) electrons. The number of ether oxygens (including phenoxy) is 1. The molecule has 0 aliphatic rings. The van der Waals surface area contributed by atoms with Gasteiger partial charge in [-0.05, 0) is 18.2 Å². The first kappa shape index (κ1) is 11.7. The molecule has 0 saturated heterocycles. The van der Waals surface area contributed by atoms with Crippen molar-refractivity contribution in [1.82, 2.24) is 0 Å².